The largest absolute Gasteiger partial charge is 0.493 e. The first-order chi connectivity index (χ1) is 15.7. The Morgan fingerprint density at radius 2 is 2.09 bits per heavy atom. The van der Waals surface area contributed by atoms with E-state index in [1.54, 1.807) is 11.3 Å². The third-order valence-electron chi connectivity index (χ3n) is 6.90. The summed E-state index contributed by atoms with van der Waals surface area (Å²) in [5, 5.41) is 6.89. The SMILES string of the molecule is Cc1cc(OCC2CCN(C3COC3)CC2)cc2c1NC(c1cc3ccsc3cn1)N=C2. The van der Waals surface area contributed by atoms with Gasteiger partial charge in [0.2, 0.25) is 0 Å². The quantitative estimate of drug-likeness (QED) is 0.616. The van der Waals surface area contributed by atoms with Crippen molar-refractivity contribution in [2.75, 3.05) is 38.2 Å². The zero-order chi connectivity index (χ0) is 21.5. The van der Waals surface area contributed by atoms with Gasteiger partial charge >= 0.3 is 0 Å². The van der Waals surface area contributed by atoms with Crippen molar-refractivity contribution in [1.29, 1.82) is 0 Å². The number of pyridine rings is 1. The van der Waals surface area contributed by atoms with E-state index in [2.05, 4.69) is 51.8 Å². The maximum Gasteiger partial charge on any atom is 0.161 e. The normalized spacial score (nSPS) is 21.8. The molecule has 2 aromatic heterocycles. The number of hydrogen-bond acceptors (Lipinski definition) is 7. The molecule has 0 radical (unpaired) electrons. The number of aliphatic imine (C=N–C) groups is 1. The molecule has 7 heteroatoms. The summed E-state index contributed by atoms with van der Waals surface area (Å²) in [6.45, 7) is 7.05. The topological polar surface area (TPSA) is 59.0 Å². The molecule has 0 bridgehead atoms. The van der Waals surface area contributed by atoms with Gasteiger partial charge in [-0.05, 0) is 79.4 Å². The van der Waals surface area contributed by atoms with E-state index in [0.717, 1.165) is 55.6 Å². The standard InChI is InChI=1S/C25H28N4O2S/c1-16-8-21(31-13-17-2-5-29(6-3-17)20-14-30-15-20)9-19-11-27-25(28-24(16)19)22-10-18-4-7-32-23(18)12-26-22/h4,7-12,17,20,25,28H,2-3,5-6,13-15H2,1H3. The molecule has 6 rings (SSSR count). The van der Waals surface area contributed by atoms with Gasteiger partial charge in [0.15, 0.2) is 6.17 Å². The summed E-state index contributed by atoms with van der Waals surface area (Å²) in [6.07, 6.45) is 6.13. The molecule has 3 aromatic rings. The van der Waals surface area contributed by atoms with Crippen molar-refractivity contribution in [3.63, 3.8) is 0 Å². The smallest absolute Gasteiger partial charge is 0.161 e. The van der Waals surface area contributed by atoms with Gasteiger partial charge in [-0.3, -0.25) is 14.9 Å². The third-order valence-corrected chi connectivity index (χ3v) is 7.76. The van der Waals surface area contributed by atoms with Crippen molar-refractivity contribution in [1.82, 2.24) is 9.88 Å². The molecule has 1 N–H and O–H groups in total. The number of fused-ring (bicyclic) bond motifs is 2. The Bertz CT molecular complexity index is 1150. The Morgan fingerprint density at radius 1 is 1.22 bits per heavy atom. The van der Waals surface area contributed by atoms with Crippen LogP contribution >= 0.6 is 11.3 Å². The molecule has 0 aliphatic carbocycles. The number of benzene rings is 1. The molecule has 0 spiro atoms. The molecule has 1 unspecified atom stereocenters. The van der Waals surface area contributed by atoms with Crippen LogP contribution in [0.5, 0.6) is 5.75 Å². The molecule has 32 heavy (non-hydrogen) atoms. The second kappa shape index (κ2) is 8.46. The van der Waals surface area contributed by atoms with E-state index in [0.29, 0.717) is 12.0 Å². The van der Waals surface area contributed by atoms with E-state index in [4.69, 9.17) is 14.5 Å². The highest BCUT2D eigenvalue weighted by Crippen LogP contribution is 2.34. The summed E-state index contributed by atoms with van der Waals surface area (Å²) < 4.78 is 12.8. The molecule has 2 saturated heterocycles. The van der Waals surface area contributed by atoms with Crippen LogP contribution in [0.2, 0.25) is 0 Å². The van der Waals surface area contributed by atoms with Gasteiger partial charge in [0, 0.05) is 23.7 Å². The van der Waals surface area contributed by atoms with Crippen molar-refractivity contribution in [3.05, 3.63) is 52.7 Å². The van der Waals surface area contributed by atoms with Gasteiger partial charge in [-0.25, -0.2) is 0 Å². The highest BCUT2D eigenvalue weighted by Gasteiger charge is 2.30. The Labute approximate surface area is 192 Å². The monoisotopic (exact) mass is 448 g/mol. The first-order valence-corrected chi connectivity index (χ1v) is 12.3. The summed E-state index contributed by atoms with van der Waals surface area (Å²) in [4.78, 5) is 11.9. The van der Waals surface area contributed by atoms with Crippen molar-refractivity contribution >= 4 is 33.3 Å². The van der Waals surface area contributed by atoms with Crippen molar-refractivity contribution in [2.45, 2.75) is 32.0 Å². The lowest BCUT2D eigenvalue weighted by molar-refractivity contribution is -0.0750. The number of likely N-dealkylation sites (tertiary alicyclic amines) is 1. The molecule has 3 aliphatic heterocycles. The van der Waals surface area contributed by atoms with Crippen LogP contribution in [0, 0.1) is 12.8 Å². The maximum atomic E-state index is 6.24. The van der Waals surface area contributed by atoms with E-state index in [1.807, 2.05) is 12.4 Å². The van der Waals surface area contributed by atoms with Crippen molar-refractivity contribution in [2.24, 2.45) is 10.9 Å². The molecule has 5 heterocycles. The molecule has 6 nitrogen and oxygen atoms in total. The van der Waals surface area contributed by atoms with E-state index in [1.165, 1.54) is 28.5 Å². The summed E-state index contributed by atoms with van der Waals surface area (Å²) in [7, 11) is 0. The van der Waals surface area contributed by atoms with Gasteiger partial charge in [0.25, 0.3) is 0 Å². The maximum absolute atomic E-state index is 6.24. The average molecular weight is 449 g/mol. The second-order valence-electron chi connectivity index (χ2n) is 9.08. The Morgan fingerprint density at radius 3 is 2.91 bits per heavy atom. The minimum absolute atomic E-state index is 0.163. The van der Waals surface area contributed by atoms with Gasteiger partial charge in [0.05, 0.1) is 36.3 Å². The highest BCUT2D eigenvalue weighted by atomic mass is 32.1. The van der Waals surface area contributed by atoms with Crippen LogP contribution in [0.4, 0.5) is 5.69 Å². The fraction of sp³-hybridized carbons (Fsp3) is 0.440. The number of thiophene rings is 1. The lowest BCUT2D eigenvalue weighted by Gasteiger charge is -2.41. The fourth-order valence-electron chi connectivity index (χ4n) is 4.81. The van der Waals surface area contributed by atoms with E-state index in [9.17, 15) is 0 Å². The fourth-order valence-corrected chi connectivity index (χ4v) is 5.55. The number of ether oxygens (including phenoxy) is 2. The number of nitrogens with zero attached hydrogens (tertiary/aromatic N) is 3. The number of hydrogen-bond donors (Lipinski definition) is 1. The predicted octanol–water partition coefficient (Wildman–Crippen LogP) is 4.64. The van der Waals surface area contributed by atoms with Crippen molar-refractivity contribution in [3.8, 4) is 5.75 Å². The van der Waals surface area contributed by atoms with E-state index in [-0.39, 0.29) is 6.17 Å². The summed E-state index contributed by atoms with van der Waals surface area (Å²) in [6, 6.07) is 9.15. The first-order valence-electron chi connectivity index (χ1n) is 11.4. The lowest BCUT2D eigenvalue weighted by Crippen LogP contribution is -2.52. The van der Waals surface area contributed by atoms with Gasteiger partial charge in [-0.15, -0.1) is 11.3 Å². The van der Waals surface area contributed by atoms with Crippen LogP contribution in [-0.2, 0) is 4.74 Å². The third kappa shape index (κ3) is 3.89. The molecule has 0 saturated carbocycles. The average Bonchev–Trinajstić information content (AvgIpc) is 3.25. The minimum atomic E-state index is -0.163. The number of anilines is 1. The van der Waals surface area contributed by atoms with Crippen LogP contribution in [0.25, 0.3) is 10.1 Å². The van der Waals surface area contributed by atoms with Crippen LogP contribution in [0.15, 0.2) is 40.8 Å². The summed E-state index contributed by atoms with van der Waals surface area (Å²) in [5.41, 5.74) is 4.30. The Hall–Kier alpha value is -2.48. The van der Waals surface area contributed by atoms with Crippen LogP contribution in [0.3, 0.4) is 0 Å². The van der Waals surface area contributed by atoms with Crippen LogP contribution in [0.1, 0.15) is 35.8 Å². The Kier molecular flexibility index (Phi) is 5.33. The van der Waals surface area contributed by atoms with E-state index < -0.39 is 0 Å². The second-order valence-corrected chi connectivity index (χ2v) is 10.0. The van der Waals surface area contributed by atoms with Gasteiger partial charge in [-0.2, -0.15) is 0 Å². The molecule has 166 valence electrons. The predicted molar refractivity (Wildman–Crippen MR) is 129 cm³/mol. The van der Waals surface area contributed by atoms with Crippen LogP contribution in [-0.4, -0.2) is 55.1 Å². The zero-order valence-electron chi connectivity index (χ0n) is 18.3. The molecular weight excluding hydrogens is 420 g/mol. The summed E-state index contributed by atoms with van der Waals surface area (Å²) in [5.74, 6) is 1.55. The first kappa shape index (κ1) is 20.1. The number of aromatic nitrogens is 1. The minimum Gasteiger partial charge on any atom is -0.493 e. The zero-order valence-corrected chi connectivity index (χ0v) is 19.1. The van der Waals surface area contributed by atoms with Gasteiger partial charge < -0.3 is 14.8 Å². The highest BCUT2D eigenvalue weighted by molar-refractivity contribution is 7.17. The summed E-state index contributed by atoms with van der Waals surface area (Å²) >= 11 is 1.71. The number of nitrogens with one attached hydrogen (secondary N) is 1. The lowest BCUT2D eigenvalue weighted by atomic mass is 9.96. The molecule has 3 aliphatic rings. The number of aryl methyl sites for hydroxylation is 1. The van der Waals surface area contributed by atoms with Crippen LogP contribution < -0.4 is 10.1 Å². The van der Waals surface area contributed by atoms with Gasteiger partial charge in [-0.1, -0.05) is 0 Å². The molecular formula is C25H28N4O2S. The number of piperidine rings is 1. The Balaban J connectivity index is 1.10. The van der Waals surface area contributed by atoms with E-state index >= 15 is 0 Å². The van der Waals surface area contributed by atoms with Crippen molar-refractivity contribution < 1.29 is 9.47 Å². The molecule has 0 amide bonds. The number of rotatable bonds is 5. The molecule has 2 fully saturated rings. The van der Waals surface area contributed by atoms with Gasteiger partial charge in [0.1, 0.15) is 5.75 Å². The molecule has 1 aromatic carbocycles. The molecule has 1 atom stereocenters.